The minimum Gasteiger partial charge on any atom is -0.340 e. The highest BCUT2D eigenvalue weighted by Crippen LogP contribution is 2.37. The van der Waals surface area contributed by atoms with Gasteiger partial charge < -0.3 is 10.6 Å². The van der Waals surface area contributed by atoms with Crippen molar-refractivity contribution in [1.82, 2.24) is 14.7 Å². The lowest BCUT2D eigenvalue weighted by Gasteiger charge is -2.49. The van der Waals surface area contributed by atoms with Gasteiger partial charge in [0.05, 0.1) is 5.92 Å². The Morgan fingerprint density at radius 1 is 1.06 bits per heavy atom. The highest BCUT2D eigenvalue weighted by molar-refractivity contribution is 6.30. The maximum Gasteiger partial charge on any atom is 0.227 e. The topological polar surface area (TPSA) is 52.8 Å². The summed E-state index contributed by atoms with van der Waals surface area (Å²) < 4.78 is 0. The predicted octanol–water partition coefficient (Wildman–Crippen LogP) is 3.57. The van der Waals surface area contributed by atoms with Gasteiger partial charge >= 0.3 is 0 Å². The van der Waals surface area contributed by atoms with Gasteiger partial charge in [0.2, 0.25) is 5.91 Å². The van der Waals surface area contributed by atoms with E-state index in [0.29, 0.717) is 11.9 Å². The van der Waals surface area contributed by atoms with E-state index in [4.69, 9.17) is 17.3 Å². The van der Waals surface area contributed by atoms with Crippen LogP contribution in [0.5, 0.6) is 0 Å². The molecule has 0 bridgehead atoms. The summed E-state index contributed by atoms with van der Waals surface area (Å²) in [5.74, 6) is 0.584. The molecular formula is C25H39ClN4O. The van der Waals surface area contributed by atoms with Crippen LogP contribution in [0.2, 0.25) is 5.02 Å². The normalized spacial score (nSPS) is 27.7. The van der Waals surface area contributed by atoms with E-state index in [2.05, 4.69) is 40.7 Å². The summed E-state index contributed by atoms with van der Waals surface area (Å²) in [5, 5.41) is 0.748. The second-order valence-electron chi connectivity index (χ2n) is 10.1. The highest BCUT2D eigenvalue weighted by Gasteiger charge is 2.43. The Hall–Kier alpha value is -1.14. The average Bonchev–Trinajstić information content (AvgIpc) is 3.25. The molecule has 1 unspecified atom stereocenters. The lowest BCUT2D eigenvalue weighted by molar-refractivity contribution is -0.138. The van der Waals surface area contributed by atoms with Crippen LogP contribution >= 0.6 is 11.6 Å². The van der Waals surface area contributed by atoms with Crippen LogP contribution in [0.1, 0.15) is 57.4 Å². The fourth-order valence-corrected chi connectivity index (χ4v) is 6.17. The standard InChI is InChI=1S/C25H39ClN4O/c1-19(2)29-16-22(20-6-8-21(26)9-7-20)23(17-29)24(31)28-12-14-30(15-13-28)25(18-27)10-4-3-5-11-25/h6-9,19,22-23H,3-5,10-18,27H2,1-2H3/t22-,23?/m0/s1. The minimum absolute atomic E-state index is 0.0216. The molecule has 2 atom stereocenters. The molecule has 1 saturated carbocycles. The van der Waals surface area contributed by atoms with Gasteiger partial charge in [-0.3, -0.25) is 14.6 Å². The number of amides is 1. The van der Waals surface area contributed by atoms with Crippen LogP contribution in [-0.2, 0) is 4.79 Å². The van der Waals surface area contributed by atoms with Gasteiger partial charge in [0.25, 0.3) is 0 Å². The third-order valence-electron chi connectivity index (χ3n) is 8.12. The van der Waals surface area contributed by atoms with E-state index in [9.17, 15) is 4.79 Å². The van der Waals surface area contributed by atoms with E-state index < -0.39 is 0 Å². The number of hydrogen-bond donors (Lipinski definition) is 1. The number of hydrogen-bond acceptors (Lipinski definition) is 4. The summed E-state index contributed by atoms with van der Waals surface area (Å²) in [6.07, 6.45) is 6.32. The fraction of sp³-hybridized carbons (Fsp3) is 0.720. The molecule has 6 heteroatoms. The number of rotatable bonds is 5. The Kier molecular flexibility index (Phi) is 7.27. The molecule has 1 amide bonds. The molecule has 3 aliphatic rings. The van der Waals surface area contributed by atoms with E-state index in [1.165, 1.54) is 37.7 Å². The van der Waals surface area contributed by atoms with Crippen molar-refractivity contribution in [2.24, 2.45) is 11.7 Å². The number of likely N-dealkylation sites (tertiary alicyclic amines) is 1. The number of benzene rings is 1. The highest BCUT2D eigenvalue weighted by atomic mass is 35.5. The lowest BCUT2D eigenvalue weighted by Crippen LogP contribution is -2.62. The monoisotopic (exact) mass is 446 g/mol. The second kappa shape index (κ2) is 9.78. The molecule has 5 nitrogen and oxygen atoms in total. The number of nitrogens with zero attached hydrogens (tertiary/aromatic N) is 3. The van der Waals surface area contributed by atoms with Crippen LogP contribution in [0.25, 0.3) is 0 Å². The van der Waals surface area contributed by atoms with Gasteiger partial charge in [0, 0.05) is 68.3 Å². The molecule has 1 aliphatic carbocycles. The summed E-state index contributed by atoms with van der Waals surface area (Å²) in [6.45, 7) is 10.5. The second-order valence-corrected chi connectivity index (χ2v) is 10.6. The van der Waals surface area contributed by atoms with E-state index in [1.54, 1.807) is 0 Å². The zero-order valence-corrected chi connectivity index (χ0v) is 20.0. The number of nitrogens with two attached hydrogens (primary N) is 1. The maximum absolute atomic E-state index is 13.7. The van der Waals surface area contributed by atoms with Crippen molar-refractivity contribution in [1.29, 1.82) is 0 Å². The summed E-state index contributed by atoms with van der Waals surface area (Å²) in [6, 6.07) is 8.55. The molecule has 0 aromatic heterocycles. The third-order valence-corrected chi connectivity index (χ3v) is 8.37. The van der Waals surface area contributed by atoms with Crippen molar-refractivity contribution in [2.75, 3.05) is 45.8 Å². The van der Waals surface area contributed by atoms with Crippen LogP contribution < -0.4 is 5.73 Å². The zero-order chi connectivity index (χ0) is 22.0. The Bertz CT molecular complexity index is 738. The Labute approximate surface area is 192 Å². The number of carbonyl (C=O) groups is 1. The van der Waals surface area contributed by atoms with Crippen LogP contribution in [0.15, 0.2) is 24.3 Å². The van der Waals surface area contributed by atoms with Gasteiger partial charge in [-0.1, -0.05) is 43.0 Å². The van der Waals surface area contributed by atoms with Crippen LogP contribution in [0.3, 0.4) is 0 Å². The molecule has 1 aromatic carbocycles. The van der Waals surface area contributed by atoms with E-state index in [-0.39, 0.29) is 17.4 Å². The summed E-state index contributed by atoms with van der Waals surface area (Å²) >= 11 is 6.12. The SMILES string of the molecule is CC(C)N1CC(C(=O)N2CCN(C3(CN)CCCCC3)CC2)[C@H](c2ccc(Cl)cc2)C1. The first-order valence-corrected chi connectivity index (χ1v) is 12.5. The van der Waals surface area contributed by atoms with Crippen molar-refractivity contribution in [3.05, 3.63) is 34.9 Å². The molecule has 0 spiro atoms. The van der Waals surface area contributed by atoms with Crippen molar-refractivity contribution >= 4 is 17.5 Å². The first-order chi connectivity index (χ1) is 14.9. The van der Waals surface area contributed by atoms with Crippen molar-refractivity contribution in [3.63, 3.8) is 0 Å². The van der Waals surface area contributed by atoms with Crippen LogP contribution in [-0.4, -0.2) is 78.0 Å². The largest absolute Gasteiger partial charge is 0.340 e. The predicted molar refractivity (Wildman–Crippen MR) is 127 cm³/mol. The Morgan fingerprint density at radius 2 is 1.71 bits per heavy atom. The maximum atomic E-state index is 13.7. The van der Waals surface area contributed by atoms with Crippen molar-refractivity contribution in [2.45, 2.75) is 63.5 Å². The third kappa shape index (κ3) is 4.80. The quantitative estimate of drug-likeness (QED) is 0.751. The molecule has 0 radical (unpaired) electrons. The summed E-state index contributed by atoms with van der Waals surface area (Å²) in [5.41, 5.74) is 7.66. The smallest absolute Gasteiger partial charge is 0.227 e. The number of halogens is 1. The first kappa shape index (κ1) is 23.0. The molecule has 3 fully saturated rings. The molecule has 2 saturated heterocycles. The number of carbonyl (C=O) groups excluding carboxylic acids is 1. The first-order valence-electron chi connectivity index (χ1n) is 12.2. The van der Waals surface area contributed by atoms with Gasteiger partial charge in [0.1, 0.15) is 0 Å². The van der Waals surface area contributed by atoms with Gasteiger partial charge in [-0.25, -0.2) is 0 Å². The molecular weight excluding hydrogens is 408 g/mol. The molecule has 2 N–H and O–H groups in total. The number of piperazine rings is 1. The van der Waals surface area contributed by atoms with E-state index in [0.717, 1.165) is 50.8 Å². The molecule has 2 heterocycles. The molecule has 172 valence electrons. The van der Waals surface area contributed by atoms with E-state index >= 15 is 0 Å². The molecule has 2 aliphatic heterocycles. The van der Waals surface area contributed by atoms with Gasteiger partial charge in [-0.05, 0) is 44.4 Å². The summed E-state index contributed by atoms with van der Waals surface area (Å²) in [4.78, 5) is 20.9. The van der Waals surface area contributed by atoms with Crippen molar-refractivity contribution < 1.29 is 4.79 Å². The fourth-order valence-electron chi connectivity index (χ4n) is 6.05. The molecule has 1 aromatic rings. The Morgan fingerprint density at radius 3 is 2.29 bits per heavy atom. The van der Waals surface area contributed by atoms with Crippen LogP contribution in [0.4, 0.5) is 0 Å². The van der Waals surface area contributed by atoms with Gasteiger partial charge in [-0.2, -0.15) is 0 Å². The van der Waals surface area contributed by atoms with E-state index in [1.807, 2.05) is 12.1 Å². The lowest BCUT2D eigenvalue weighted by atomic mass is 9.80. The van der Waals surface area contributed by atoms with Crippen molar-refractivity contribution in [3.8, 4) is 0 Å². The minimum atomic E-state index is 0.0216. The summed E-state index contributed by atoms with van der Waals surface area (Å²) in [7, 11) is 0. The average molecular weight is 447 g/mol. The molecule has 4 rings (SSSR count). The Balaban J connectivity index is 1.44. The molecule has 31 heavy (non-hydrogen) atoms. The van der Waals surface area contributed by atoms with Crippen LogP contribution in [0, 0.1) is 5.92 Å². The van der Waals surface area contributed by atoms with Gasteiger partial charge in [0.15, 0.2) is 0 Å². The zero-order valence-electron chi connectivity index (χ0n) is 19.2. The van der Waals surface area contributed by atoms with Gasteiger partial charge in [-0.15, -0.1) is 0 Å².